The van der Waals surface area contributed by atoms with Gasteiger partial charge in [0.25, 0.3) is 0 Å². The van der Waals surface area contributed by atoms with Crippen LogP contribution in [0.1, 0.15) is 43.3 Å². The third-order valence-electron chi connectivity index (χ3n) is 4.21. The van der Waals surface area contributed by atoms with Crippen molar-refractivity contribution >= 4 is 17.3 Å². The molecule has 0 saturated carbocycles. The van der Waals surface area contributed by atoms with Gasteiger partial charge >= 0.3 is 0 Å². The minimum Gasteiger partial charge on any atom is -0.381 e. The summed E-state index contributed by atoms with van der Waals surface area (Å²) in [5, 5.41) is 10.1. The summed E-state index contributed by atoms with van der Waals surface area (Å²) in [6, 6.07) is 0. The molecular formula is C19H34N4O2S. The molecular weight excluding hydrogens is 348 g/mol. The minimum absolute atomic E-state index is 0.589. The van der Waals surface area contributed by atoms with Gasteiger partial charge in [-0.1, -0.05) is 0 Å². The highest BCUT2D eigenvalue weighted by Gasteiger charge is 2.15. The molecule has 0 amide bonds. The molecule has 7 heteroatoms. The third-order valence-corrected chi connectivity index (χ3v) is 5.24. The van der Waals surface area contributed by atoms with Crippen LogP contribution in [0.15, 0.2) is 10.4 Å². The summed E-state index contributed by atoms with van der Waals surface area (Å²) in [6.45, 7) is 10.1. The first kappa shape index (κ1) is 21.1. The molecule has 1 atom stereocenters. The van der Waals surface area contributed by atoms with E-state index in [0.29, 0.717) is 5.92 Å². The second-order valence-corrected chi connectivity index (χ2v) is 7.63. The monoisotopic (exact) mass is 382 g/mol. The van der Waals surface area contributed by atoms with E-state index in [9.17, 15) is 0 Å². The number of hydrogen-bond donors (Lipinski definition) is 2. The van der Waals surface area contributed by atoms with Crippen molar-refractivity contribution in [3.63, 3.8) is 0 Å². The van der Waals surface area contributed by atoms with E-state index in [2.05, 4.69) is 39.8 Å². The van der Waals surface area contributed by atoms with E-state index in [1.165, 1.54) is 5.01 Å². The first-order chi connectivity index (χ1) is 12.8. The van der Waals surface area contributed by atoms with Gasteiger partial charge in [-0.2, -0.15) is 0 Å². The highest BCUT2D eigenvalue weighted by molar-refractivity contribution is 7.09. The lowest BCUT2D eigenvalue weighted by Crippen LogP contribution is -2.38. The maximum atomic E-state index is 5.72. The van der Waals surface area contributed by atoms with Crippen LogP contribution in [0.25, 0.3) is 0 Å². The fourth-order valence-electron chi connectivity index (χ4n) is 2.79. The van der Waals surface area contributed by atoms with Crippen molar-refractivity contribution in [1.29, 1.82) is 0 Å². The van der Waals surface area contributed by atoms with Gasteiger partial charge in [-0.15, -0.1) is 11.3 Å². The van der Waals surface area contributed by atoms with Gasteiger partial charge in [0.1, 0.15) is 0 Å². The maximum Gasteiger partial charge on any atom is 0.191 e. The summed E-state index contributed by atoms with van der Waals surface area (Å²) in [5.41, 5.74) is 1.13. The van der Waals surface area contributed by atoms with Gasteiger partial charge < -0.3 is 20.1 Å². The summed E-state index contributed by atoms with van der Waals surface area (Å²) >= 11 is 1.76. The molecule has 1 saturated heterocycles. The van der Waals surface area contributed by atoms with Gasteiger partial charge in [0.05, 0.1) is 18.2 Å². The van der Waals surface area contributed by atoms with Gasteiger partial charge in [-0.05, 0) is 46.0 Å². The standard InChI is InChI=1S/C19H34N4O2S/c1-3-20-19(21-9-5-4-7-18-23-16(2)15-26-18)22-10-6-11-24-13-17-8-12-25-14-17/h15,17H,3-14H2,1-2H3,(H2,20,21,22). The first-order valence-electron chi connectivity index (χ1n) is 9.86. The molecule has 0 aromatic carbocycles. The SMILES string of the molecule is CCNC(=NCCCOCC1CCOC1)NCCCCc1nc(C)cs1. The number of thiazole rings is 1. The Morgan fingerprint density at radius 2 is 2.31 bits per heavy atom. The van der Waals surface area contributed by atoms with E-state index in [1.807, 2.05) is 0 Å². The number of aryl methyl sites for hydroxylation is 2. The summed E-state index contributed by atoms with van der Waals surface area (Å²) in [5.74, 6) is 1.49. The average Bonchev–Trinajstić information content (AvgIpc) is 3.29. The molecule has 1 unspecified atom stereocenters. The van der Waals surface area contributed by atoms with E-state index in [0.717, 1.165) is 89.8 Å². The molecule has 1 aliphatic rings. The lowest BCUT2D eigenvalue weighted by Gasteiger charge is -2.11. The number of rotatable bonds is 12. The molecule has 1 aliphatic heterocycles. The number of unbranched alkanes of at least 4 members (excludes halogenated alkanes) is 1. The van der Waals surface area contributed by atoms with E-state index in [-0.39, 0.29) is 0 Å². The summed E-state index contributed by atoms with van der Waals surface area (Å²) < 4.78 is 11.1. The number of nitrogens with one attached hydrogen (secondary N) is 2. The molecule has 0 bridgehead atoms. The fourth-order valence-corrected chi connectivity index (χ4v) is 3.61. The van der Waals surface area contributed by atoms with Gasteiger partial charge in [0, 0.05) is 49.8 Å². The summed E-state index contributed by atoms with van der Waals surface area (Å²) in [4.78, 5) is 9.13. The molecule has 1 aromatic heterocycles. The number of ether oxygens (including phenoxy) is 2. The van der Waals surface area contributed by atoms with Crippen LogP contribution in [0.4, 0.5) is 0 Å². The molecule has 2 rings (SSSR count). The Bertz CT molecular complexity index is 515. The van der Waals surface area contributed by atoms with E-state index in [1.54, 1.807) is 11.3 Å². The van der Waals surface area contributed by atoms with Crippen LogP contribution in [-0.2, 0) is 15.9 Å². The first-order valence-corrected chi connectivity index (χ1v) is 10.7. The Labute approximate surface area is 161 Å². The van der Waals surface area contributed by atoms with Crippen LogP contribution in [0.2, 0.25) is 0 Å². The van der Waals surface area contributed by atoms with Crippen molar-refractivity contribution in [3.8, 4) is 0 Å². The zero-order valence-electron chi connectivity index (χ0n) is 16.3. The molecule has 2 N–H and O–H groups in total. The predicted octanol–water partition coefficient (Wildman–Crippen LogP) is 2.77. The Hall–Kier alpha value is -1.18. The molecule has 148 valence electrons. The van der Waals surface area contributed by atoms with Crippen LogP contribution in [-0.4, -0.2) is 57.0 Å². The third kappa shape index (κ3) is 8.96. The van der Waals surface area contributed by atoms with Crippen molar-refractivity contribution in [2.45, 2.75) is 46.0 Å². The Balaban J connectivity index is 1.51. The van der Waals surface area contributed by atoms with Gasteiger partial charge in [-0.3, -0.25) is 4.99 Å². The number of aliphatic imine (C=N–C) groups is 1. The zero-order chi connectivity index (χ0) is 18.5. The normalized spacial score (nSPS) is 17.6. The van der Waals surface area contributed by atoms with Gasteiger partial charge in [0.15, 0.2) is 5.96 Å². The van der Waals surface area contributed by atoms with E-state index < -0.39 is 0 Å². The number of nitrogens with zero attached hydrogens (tertiary/aromatic N) is 2. The van der Waals surface area contributed by atoms with Gasteiger partial charge in [-0.25, -0.2) is 4.98 Å². The van der Waals surface area contributed by atoms with Crippen LogP contribution < -0.4 is 10.6 Å². The number of hydrogen-bond acceptors (Lipinski definition) is 5. The van der Waals surface area contributed by atoms with Crippen molar-refractivity contribution < 1.29 is 9.47 Å². The average molecular weight is 383 g/mol. The van der Waals surface area contributed by atoms with Crippen molar-refractivity contribution in [2.75, 3.05) is 46.1 Å². The van der Waals surface area contributed by atoms with Crippen LogP contribution in [0.3, 0.4) is 0 Å². The molecule has 0 aliphatic carbocycles. The summed E-state index contributed by atoms with van der Waals surface area (Å²) in [6.07, 6.45) is 5.42. The fraction of sp³-hybridized carbons (Fsp3) is 0.789. The highest BCUT2D eigenvalue weighted by atomic mass is 32.1. The zero-order valence-corrected chi connectivity index (χ0v) is 17.1. The second-order valence-electron chi connectivity index (χ2n) is 6.69. The Morgan fingerprint density at radius 3 is 3.04 bits per heavy atom. The van der Waals surface area contributed by atoms with Crippen molar-refractivity contribution in [1.82, 2.24) is 15.6 Å². The maximum absolute atomic E-state index is 5.72. The quantitative estimate of drug-likeness (QED) is 0.331. The molecule has 6 nitrogen and oxygen atoms in total. The van der Waals surface area contributed by atoms with Gasteiger partial charge in [0.2, 0.25) is 0 Å². The summed E-state index contributed by atoms with van der Waals surface area (Å²) in [7, 11) is 0. The smallest absolute Gasteiger partial charge is 0.191 e. The lowest BCUT2D eigenvalue weighted by atomic mass is 10.1. The highest BCUT2D eigenvalue weighted by Crippen LogP contribution is 2.12. The number of aromatic nitrogens is 1. The number of guanidine groups is 1. The molecule has 0 radical (unpaired) electrons. The molecule has 0 spiro atoms. The molecule has 2 heterocycles. The molecule has 1 aromatic rings. The predicted molar refractivity (Wildman–Crippen MR) is 108 cm³/mol. The van der Waals surface area contributed by atoms with Crippen LogP contribution in [0, 0.1) is 12.8 Å². The lowest BCUT2D eigenvalue weighted by molar-refractivity contribution is 0.0893. The Morgan fingerprint density at radius 1 is 1.38 bits per heavy atom. The Kier molecular flexibility index (Phi) is 10.6. The van der Waals surface area contributed by atoms with Crippen molar-refractivity contribution in [3.05, 3.63) is 16.1 Å². The van der Waals surface area contributed by atoms with E-state index >= 15 is 0 Å². The van der Waals surface area contributed by atoms with E-state index in [4.69, 9.17) is 9.47 Å². The molecule has 1 fully saturated rings. The second kappa shape index (κ2) is 13.1. The topological polar surface area (TPSA) is 67.8 Å². The molecule has 26 heavy (non-hydrogen) atoms. The van der Waals surface area contributed by atoms with Crippen LogP contribution in [0.5, 0.6) is 0 Å². The minimum atomic E-state index is 0.589. The largest absolute Gasteiger partial charge is 0.381 e. The van der Waals surface area contributed by atoms with Crippen LogP contribution >= 0.6 is 11.3 Å². The van der Waals surface area contributed by atoms with Crippen molar-refractivity contribution in [2.24, 2.45) is 10.9 Å².